The van der Waals surface area contributed by atoms with Gasteiger partial charge in [-0.25, -0.2) is 0 Å². The lowest BCUT2D eigenvalue weighted by atomic mass is 10.0. The van der Waals surface area contributed by atoms with Crippen molar-refractivity contribution >= 4 is 0 Å². The molecule has 0 radical (unpaired) electrons. The molecule has 0 aromatic heterocycles. The number of hydrogen-bond donors (Lipinski definition) is 1. The molecule has 0 spiro atoms. The van der Waals surface area contributed by atoms with Crippen molar-refractivity contribution in [3.8, 4) is 0 Å². The Bertz CT molecular complexity index is 135. The zero-order chi connectivity index (χ0) is 8.54. The van der Waals surface area contributed by atoms with Crippen LogP contribution in [-0.2, 0) is 9.47 Å². The van der Waals surface area contributed by atoms with Crippen molar-refractivity contribution in [3.63, 3.8) is 0 Å². The number of likely N-dealkylation sites (N-methyl/N-ethyl adjacent to an activating group) is 1. The van der Waals surface area contributed by atoms with E-state index in [-0.39, 0.29) is 5.54 Å². The van der Waals surface area contributed by atoms with Crippen LogP contribution in [0.2, 0.25) is 0 Å². The average molecular weight is 159 g/mol. The van der Waals surface area contributed by atoms with Gasteiger partial charge in [-0.2, -0.15) is 0 Å². The van der Waals surface area contributed by atoms with Gasteiger partial charge in [-0.3, -0.25) is 0 Å². The SMILES string of the molecule is CNC1(C)COC(C)(C)OC1. The van der Waals surface area contributed by atoms with Crippen molar-refractivity contribution in [1.29, 1.82) is 0 Å². The molecule has 0 saturated carbocycles. The van der Waals surface area contributed by atoms with E-state index in [9.17, 15) is 0 Å². The van der Waals surface area contributed by atoms with Crippen LogP contribution < -0.4 is 5.32 Å². The Labute approximate surface area is 68.1 Å². The predicted octanol–water partition coefficient (Wildman–Crippen LogP) is 0.747. The molecule has 1 N–H and O–H groups in total. The zero-order valence-electron chi connectivity index (χ0n) is 7.73. The van der Waals surface area contributed by atoms with Crippen molar-refractivity contribution in [2.75, 3.05) is 20.3 Å². The lowest BCUT2D eigenvalue weighted by Gasteiger charge is -2.41. The van der Waals surface area contributed by atoms with E-state index in [0.29, 0.717) is 13.2 Å². The summed E-state index contributed by atoms with van der Waals surface area (Å²) in [6, 6.07) is 0. The molecule has 0 atom stereocenters. The van der Waals surface area contributed by atoms with Gasteiger partial charge < -0.3 is 14.8 Å². The summed E-state index contributed by atoms with van der Waals surface area (Å²) in [7, 11) is 1.92. The summed E-state index contributed by atoms with van der Waals surface area (Å²) in [6.07, 6.45) is 0. The van der Waals surface area contributed by atoms with E-state index in [4.69, 9.17) is 9.47 Å². The van der Waals surface area contributed by atoms with E-state index >= 15 is 0 Å². The third kappa shape index (κ3) is 2.15. The van der Waals surface area contributed by atoms with E-state index in [0.717, 1.165) is 0 Å². The van der Waals surface area contributed by atoms with Gasteiger partial charge in [0.25, 0.3) is 0 Å². The van der Waals surface area contributed by atoms with Gasteiger partial charge >= 0.3 is 0 Å². The molecule has 1 rings (SSSR count). The monoisotopic (exact) mass is 159 g/mol. The third-order valence-electron chi connectivity index (χ3n) is 2.08. The molecule has 0 bridgehead atoms. The molecule has 0 unspecified atom stereocenters. The molecule has 3 nitrogen and oxygen atoms in total. The second kappa shape index (κ2) is 2.73. The van der Waals surface area contributed by atoms with E-state index in [1.165, 1.54) is 0 Å². The summed E-state index contributed by atoms with van der Waals surface area (Å²) in [4.78, 5) is 0. The molecule has 66 valence electrons. The van der Waals surface area contributed by atoms with Crippen LogP contribution in [0.4, 0.5) is 0 Å². The fourth-order valence-electron chi connectivity index (χ4n) is 0.894. The van der Waals surface area contributed by atoms with Crippen LogP contribution in [0.5, 0.6) is 0 Å². The highest BCUT2D eigenvalue weighted by molar-refractivity contribution is 4.85. The van der Waals surface area contributed by atoms with Crippen LogP contribution in [0, 0.1) is 0 Å². The fourth-order valence-corrected chi connectivity index (χ4v) is 0.894. The first-order valence-electron chi connectivity index (χ1n) is 3.94. The first kappa shape index (κ1) is 8.97. The first-order chi connectivity index (χ1) is 4.97. The van der Waals surface area contributed by atoms with Crippen LogP contribution in [0.3, 0.4) is 0 Å². The van der Waals surface area contributed by atoms with Gasteiger partial charge in [0.15, 0.2) is 5.79 Å². The molecule has 0 aromatic carbocycles. The third-order valence-corrected chi connectivity index (χ3v) is 2.08. The Morgan fingerprint density at radius 1 is 1.09 bits per heavy atom. The maximum atomic E-state index is 5.49. The highest BCUT2D eigenvalue weighted by Crippen LogP contribution is 2.22. The summed E-state index contributed by atoms with van der Waals surface area (Å²) < 4.78 is 11.0. The minimum absolute atomic E-state index is 0.0183. The average Bonchev–Trinajstić information content (AvgIpc) is 1.97. The Balaban J connectivity index is 2.48. The minimum atomic E-state index is -0.406. The van der Waals surface area contributed by atoms with E-state index in [1.807, 2.05) is 20.9 Å². The first-order valence-corrected chi connectivity index (χ1v) is 3.94. The van der Waals surface area contributed by atoms with Gasteiger partial charge in [-0.1, -0.05) is 0 Å². The molecule has 1 saturated heterocycles. The predicted molar refractivity (Wildman–Crippen MR) is 43.4 cm³/mol. The van der Waals surface area contributed by atoms with Gasteiger partial charge in [0.1, 0.15) is 0 Å². The highest BCUT2D eigenvalue weighted by Gasteiger charge is 2.35. The van der Waals surface area contributed by atoms with Gasteiger partial charge in [0.2, 0.25) is 0 Å². The zero-order valence-corrected chi connectivity index (χ0v) is 7.73. The molecule has 0 aliphatic carbocycles. The molecule has 1 fully saturated rings. The van der Waals surface area contributed by atoms with E-state index < -0.39 is 5.79 Å². The van der Waals surface area contributed by atoms with Crippen molar-refractivity contribution in [2.24, 2.45) is 0 Å². The maximum absolute atomic E-state index is 5.49. The van der Waals surface area contributed by atoms with Crippen LogP contribution in [0.1, 0.15) is 20.8 Å². The topological polar surface area (TPSA) is 30.5 Å². The number of rotatable bonds is 1. The second-order valence-electron chi connectivity index (χ2n) is 3.79. The van der Waals surface area contributed by atoms with Crippen molar-refractivity contribution in [2.45, 2.75) is 32.1 Å². The quantitative estimate of drug-likeness (QED) is 0.612. The van der Waals surface area contributed by atoms with Crippen LogP contribution in [0.25, 0.3) is 0 Å². The Morgan fingerprint density at radius 3 is 1.91 bits per heavy atom. The van der Waals surface area contributed by atoms with E-state index in [1.54, 1.807) is 0 Å². The minimum Gasteiger partial charge on any atom is -0.349 e. The van der Waals surface area contributed by atoms with Crippen molar-refractivity contribution in [3.05, 3.63) is 0 Å². The van der Waals surface area contributed by atoms with E-state index in [2.05, 4.69) is 12.2 Å². The molecular weight excluding hydrogens is 142 g/mol. The van der Waals surface area contributed by atoms with Crippen LogP contribution in [-0.4, -0.2) is 31.6 Å². The molecule has 0 amide bonds. The van der Waals surface area contributed by atoms with Gasteiger partial charge in [-0.05, 0) is 27.8 Å². The summed E-state index contributed by atoms with van der Waals surface area (Å²) in [5.41, 5.74) is -0.0183. The van der Waals surface area contributed by atoms with Crippen molar-refractivity contribution in [1.82, 2.24) is 5.32 Å². The molecule has 0 aromatic rings. The Morgan fingerprint density at radius 2 is 1.55 bits per heavy atom. The summed E-state index contributed by atoms with van der Waals surface area (Å²) in [5.74, 6) is -0.406. The molecule has 1 aliphatic rings. The maximum Gasteiger partial charge on any atom is 0.162 e. The van der Waals surface area contributed by atoms with Crippen LogP contribution in [0.15, 0.2) is 0 Å². The number of ether oxygens (including phenoxy) is 2. The number of hydrogen-bond acceptors (Lipinski definition) is 3. The summed E-state index contributed by atoms with van der Waals surface area (Å²) in [5, 5.41) is 3.17. The van der Waals surface area contributed by atoms with Gasteiger partial charge in [0.05, 0.1) is 18.8 Å². The normalized spacial score (nSPS) is 28.4. The Kier molecular flexibility index (Phi) is 2.23. The molecule has 11 heavy (non-hydrogen) atoms. The fraction of sp³-hybridized carbons (Fsp3) is 1.00. The Hall–Kier alpha value is -0.120. The molecular formula is C8H17NO2. The smallest absolute Gasteiger partial charge is 0.162 e. The standard InChI is InChI=1S/C8H17NO2/c1-7(2)10-5-8(3,9-4)6-11-7/h9H,5-6H2,1-4H3. The highest BCUT2D eigenvalue weighted by atomic mass is 16.7. The van der Waals surface area contributed by atoms with Crippen molar-refractivity contribution < 1.29 is 9.47 Å². The van der Waals surface area contributed by atoms with Gasteiger partial charge in [-0.15, -0.1) is 0 Å². The molecule has 3 heteroatoms. The van der Waals surface area contributed by atoms with Gasteiger partial charge in [0, 0.05) is 0 Å². The largest absolute Gasteiger partial charge is 0.349 e. The molecule has 1 aliphatic heterocycles. The lowest BCUT2D eigenvalue weighted by Crippen LogP contribution is -2.56. The summed E-state index contributed by atoms with van der Waals surface area (Å²) >= 11 is 0. The van der Waals surface area contributed by atoms with Crippen LogP contribution >= 0.6 is 0 Å². The second-order valence-corrected chi connectivity index (χ2v) is 3.79. The molecule has 1 heterocycles. The number of nitrogens with one attached hydrogen (secondary N) is 1. The summed E-state index contributed by atoms with van der Waals surface area (Å²) in [6.45, 7) is 7.36. The lowest BCUT2D eigenvalue weighted by molar-refractivity contribution is -0.268.